The predicted octanol–water partition coefficient (Wildman–Crippen LogP) is 6.27. The molecule has 0 bridgehead atoms. The van der Waals surface area contributed by atoms with Crippen LogP contribution in [0.15, 0.2) is 60.7 Å². The molecule has 0 aromatic heterocycles. The first kappa shape index (κ1) is 20.8. The lowest BCUT2D eigenvalue weighted by Crippen LogP contribution is -2.32. The van der Waals surface area contributed by atoms with E-state index in [1.54, 1.807) is 19.2 Å². The van der Waals surface area contributed by atoms with E-state index in [1.165, 1.54) is 12.1 Å². The second-order valence-electron chi connectivity index (χ2n) is 8.39. The molecule has 3 aromatic rings. The summed E-state index contributed by atoms with van der Waals surface area (Å²) < 4.78 is 25.5. The minimum Gasteiger partial charge on any atom is -0.496 e. The van der Waals surface area contributed by atoms with Gasteiger partial charge in [-0.05, 0) is 62.2 Å². The number of hydrogen-bond acceptors (Lipinski definition) is 4. The molecule has 0 amide bonds. The van der Waals surface area contributed by atoms with Crippen molar-refractivity contribution in [1.82, 2.24) is 0 Å². The Morgan fingerprint density at radius 3 is 2.55 bits per heavy atom. The van der Waals surface area contributed by atoms with E-state index >= 15 is 0 Å². The zero-order chi connectivity index (χ0) is 22.2. The van der Waals surface area contributed by atoms with Gasteiger partial charge in [0, 0.05) is 40.2 Å². The second kappa shape index (κ2) is 7.99. The van der Waals surface area contributed by atoms with E-state index in [0.29, 0.717) is 23.8 Å². The van der Waals surface area contributed by atoms with E-state index in [1.807, 2.05) is 24.3 Å². The van der Waals surface area contributed by atoms with Gasteiger partial charge in [0.25, 0.3) is 0 Å². The van der Waals surface area contributed by atoms with Gasteiger partial charge in [-0.15, -0.1) is 0 Å². The first-order chi connectivity index (χ1) is 14.8. The molecule has 0 saturated carbocycles. The minimum absolute atomic E-state index is 0.155. The van der Waals surface area contributed by atoms with Gasteiger partial charge in [0.15, 0.2) is 0 Å². The van der Waals surface area contributed by atoms with Crippen LogP contribution in [0.5, 0.6) is 11.5 Å². The van der Waals surface area contributed by atoms with Gasteiger partial charge in [-0.2, -0.15) is 0 Å². The van der Waals surface area contributed by atoms with E-state index in [-0.39, 0.29) is 11.4 Å². The third-order valence-electron chi connectivity index (χ3n) is 5.44. The number of nitrogens with two attached hydrogens (primary N) is 1. The number of benzene rings is 3. The lowest BCUT2D eigenvalue weighted by atomic mass is 9.85. The summed E-state index contributed by atoms with van der Waals surface area (Å²) in [6.07, 6.45) is 2.21. The topological polar surface area (TPSA) is 56.5 Å². The summed E-state index contributed by atoms with van der Waals surface area (Å²) in [5.41, 5.74) is 12.5. The number of anilines is 2. The van der Waals surface area contributed by atoms with Crippen molar-refractivity contribution in [1.29, 1.82) is 0 Å². The van der Waals surface area contributed by atoms with E-state index in [9.17, 15) is 4.39 Å². The number of methoxy groups -OCH3 is 1. The highest BCUT2D eigenvalue weighted by atomic mass is 19.1. The molecule has 0 radical (unpaired) electrons. The Morgan fingerprint density at radius 1 is 1.03 bits per heavy atom. The zero-order valence-electron chi connectivity index (χ0n) is 18.3. The Kier molecular flexibility index (Phi) is 5.36. The molecule has 1 aliphatic heterocycles. The molecule has 3 aromatic carbocycles. The molecule has 0 saturated heterocycles. The number of nitrogen functional groups attached to an aromatic ring is 1. The van der Waals surface area contributed by atoms with Crippen molar-refractivity contribution in [3.8, 4) is 22.6 Å². The van der Waals surface area contributed by atoms with Gasteiger partial charge >= 0.3 is 0 Å². The molecule has 1 heterocycles. The van der Waals surface area contributed by atoms with Crippen LogP contribution in [0.1, 0.15) is 31.9 Å². The largest absolute Gasteiger partial charge is 0.496 e. The van der Waals surface area contributed by atoms with E-state index in [0.717, 1.165) is 33.5 Å². The highest BCUT2D eigenvalue weighted by Gasteiger charge is 2.27. The molecule has 0 atom stereocenters. The molecule has 5 heteroatoms. The van der Waals surface area contributed by atoms with Crippen LogP contribution in [0, 0.1) is 5.82 Å². The summed E-state index contributed by atoms with van der Waals surface area (Å²) in [6.45, 7) is 6.71. The maximum absolute atomic E-state index is 13.8. The Hall–Kier alpha value is -3.47. The van der Waals surface area contributed by atoms with Gasteiger partial charge in [0.1, 0.15) is 23.9 Å². The second-order valence-corrected chi connectivity index (χ2v) is 8.39. The zero-order valence-corrected chi connectivity index (χ0v) is 18.3. The van der Waals surface area contributed by atoms with Crippen molar-refractivity contribution in [3.63, 3.8) is 0 Å². The molecule has 1 aliphatic rings. The highest BCUT2D eigenvalue weighted by Crippen LogP contribution is 2.42. The third-order valence-corrected chi connectivity index (χ3v) is 5.44. The van der Waals surface area contributed by atoms with Crippen molar-refractivity contribution in [2.24, 2.45) is 0 Å². The number of halogens is 1. The molecule has 4 nitrogen and oxygen atoms in total. The molecule has 3 N–H and O–H groups in total. The van der Waals surface area contributed by atoms with Gasteiger partial charge in [0.2, 0.25) is 0 Å². The fourth-order valence-corrected chi connectivity index (χ4v) is 4.25. The maximum Gasteiger partial charge on any atom is 0.129 e. The molecule has 160 valence electrons. The monoisotopic (exact) mass is 418 g/mol. The van der Waals surface area contributed by atoms with Crippen molar-refractivity contribution in [3.05, 3.63) is 77.6 Å². The molecular formula is C26H27FN2O2. The van der Waals surface area contributed by atoms with Crippen LogP contribution in [0.2, 0.25) is 0 Å². The summed E-state index contributed by atoms with van der Waals surface area (Å²) >= 11 is 0. The number of hydrogen-bond donors (Lipinski definition) is 2. The highest BCUT2D eigenvalue weighted by molar-refractivity contribution is 5.88. The Bertz CT molecular complexity index is 1170. The Balaban J connectivity index is 1.87. The van der Waals surface area contributed by atoms with Crippen molar-refractivity contribution >= 4 is 16.9 Å². The number of nitrogens with one attached hydrogen (secondary N) is 1. The van der Waals surface area contributed by atoms with Crippen LogP contribution < -0.4 is 20.5 Å². The normalized spacial score (nSPS) is 14.3. The van der Waals surface area contributed by atoms with Crippen LogP contribution in [0.3, 0.4) is 0 Å². The molecule has 0 unspecified atom stereocenters. The van der Waals surface area contributed by atoms with Gasteiger partial charge in [-0.1, -0.05) is 18.2 Å². The standard InChI is InChI=1S/C26H27FN2O2/c1-16-14-26(2,3)29-23-11-10-20(21-9-8-17(27)12-24(21)30-4)22(25(16)23)15-31-19-7-5-6-18(28)13-19/h5-14,29H,15,28H2,1-4H3. The van der Waals surface area contributed by atoms with Gasteiger partial charge in [0.05, 0.1) is 12.6 Å². The SMILES string of the molecule is COc1cc(F)ccc1-c1ccc2c(c1COc1cccc(N)c1)C(C)=CC(C)(C)N2. The van der Waals surface area contributed by atoms with E-state index in [4.69, 9.17) is 15.2 Å². The van der Waals surface area contributed by atoms with Crippen molar-refractivity contribution in [2.75, 3.05) is 18.2 Å². The molecule has 4 rings (SSSR count). The fraction of sp³-hybridized carbons (Fsp3) is 0.231. The molecular weight excluding hydrogens is 391 g/mol. The summed E-state index contributed by atoms with van der Waals surface area (Å²) in [4.78, 5) is 0. The van der Waals surface area contributed by atoms with E-state index in [2.05, 4.69) is 38.2 Å². The molecule has 0 aliphatic carbocycles. The average Bonchev–Trinajstić information content (AvgIpc) is 2.71. The lowest BCUT2D eigenvalue weighted by molar-refractivity contribution is 0.306. The number of fused-ring (bicyclic) bond motifs is 1. The average molecular weight is 419 g/mol. The van der Waals surface area contributed by atoms with Gasteiger partial charge in [-0.3, -0.25) is 0 Å². The Morgan fingerprint density at radius 2 is 1.81 bits per heavy atom. The Labute approximate surface area is 182 Å². The molecule has 0 fully saturated rings. The number of ether oxygens (including phenoxy) is 2. The van der Waals surface area contributed by atoms with Crippen LogP contribution in [-0.2, 0) is 6.61 Å². The molecule has 0 spiro atoms. The third kappa shape index (κ3) is 4.22. The summed E-state index contributed by atoms with van der Waals surface area (Å²) in [5, 5.41) is 3.59. The maximum atomic E-state index is 13.8. The minimum atomic E-state index is -0.337. The lowest BCUT2D eigenvalue weighted by Gasteiger charge is -2.33. The van der Waals surface area contributed by atoms with Crippen LogP contribution in [0.4, 0.5) is 15.8 Å². The summed E-state index contributed by atoms with van der Waals surface area (Å²) in [7, 11) is 1.55. The quantitative estimate of drug-likeness (QED) is 0.480. The summed E-state index contributed by atoms with van der Waals surface area (Å²) in [6, 6.07) is 16.1. The summed E-state index contributed by atoms with van der Waals surface area (Å²) in [5.74, 6) is 0.840. The van der Waals surface area contributed by atoms with Crippen LogP contribution in [0.25, 0.3) is 16.7 Å². The molecule has 31 heavy (non-hydrogen) atoms. The van der Waals surface area contributed by atoms with E-state index < -0.39 is 0 Å². The smallest absolute Gasteiger partial charge is 0.129 e. The van der Waals surface area contributed by atoms with Crippen LogP contribution >= 0.6 is 0 Å². The van der Waals surface area contributed by atoms with Crippen molar-refractivity contribution in [2.45, 2.75) is 32.9 Å². The number of allylic oxidation sites excluding steroid dienone is 1. The van der Waals surface area contributed by atoms with Crippen molar-refractivity contribution < 1.29 is 13.9 Å². The van der Waals surface area contributed by atoms with Crippen LogP contribution in [-0.4, -0.2) is 12.6 Å². The fourth-order valence-electron chi connectivity index (χ4n) is 4.25. The first-order valence-corrected chi connectivity index (χ1v) is 10.2. The van der Waals surface area contributed by atoms with Gasteiger partial charge < -0.3 is 20.5 Å². The first-order valence-electron chi connectivity index (χ1n) is 10.2. The predicted molar refractivity (Wildman–Crippen MR) is 125 cm³/mol. The van der Waals surface area contributed by atoms with Gasteiger partial charge in [-0.25, -0.2) is 4.39 Å². The number of rotatable bonds is 5.